The summed E-state index contributed by atoms with van der Waals surface area (Å²) in [6.45, 7) is 0. The highest BCUT2D eigenvalue weighted by Crippen LogP contribution is 2.30. The lowest BCUT2D eigenvalue weighted by Crippen LogP contribution is -1.96. The maximum atomic E-state index is 13.8. The van der Waals surface area contributed by atoms with Crippen molar-refractivity contribution in [3.8, 4) is 29.0 Å². The summed E-state index contributed by atoms with van der Waals surface area (Å²) in [6.07, 6.45) is 4.57. The summed E-state index contributed by atoms with van der Waals surface area (Å²) in [7, 11) is 0. The molecule has 0 fully saturated rings. The van der Waals surface area contributed by atoms with Crippen molar-refractivity contribution in [2.24, 2.45) is 0 Å². The predicted octanol–water partition coefficient (Wildman–Crippen LogP) is 2.43. The fraction of sp³-hybridized carbons (Fsp3) is 0. The molecule has 0 atom stereocenters. The molecule has 4 aromatic rings. The topological polar surface area (TPSA) is 142 Å². The maximum Gasteiger partial charge on any atom is 0.250 e. The van der Waals surface area contributed by atoms with Gasteiger partial charge in [0.05, 0.1) is 11.3 Å². The van der Waals surface area contributed by atoms with E-state index in [1.54, 1.807) is 24.5 Å². The summed E-state index contributed by atoms with van der Waals surface area (Å²) >= 11 is 0. The van der Waals surface area contributed by atoms with E-state index in [9.17, 15) is 9.65 Å². The number of anilines is 1. The van der Waals surface area contributed by atoms with Crippen molar-refractivity contribution in [3.63, 3.8) is 0 Å². The second-order valence-electron chi connectivity index (χ2n) is 5.39. The first-order chi connectivity index (χ1) is 13.7. The Bertz CT molecular complexity index is 1160. The van der Waals surface area contributed by atoms with Crippen LogP contribution in [0.5, 0.6) is 0 Å². The highest BCUT2D eigenvalue weighted by Gasteiger charge is 2.15. The molecular weight excluding hydrogens is 365 g/mol. The highest BCUT2D eigenvalue weighted by molar-refractivity contribution is 5.78. The number of benzene rings is 1. The predicted molar refractivity (Wildman–Crippen MR) is 94.3 cm³/mol. The molecule has 0 saturated heterocycles. The molecule has 28 heavy (non-hydrogen) atoms. The van der Waals surface area contributed by atoms with Crippen LogP contribution in [-0.2, 0) is 0 Å². The third-order valence-electron chi connectivity index (χ3n) is 3.64. The number of pyridine rings is 1. The minimum absolute atomic E-state index is 0.111. The van der Waals surface area contributed by atoms with Crippen molar-refractivity contribution >= 4 is 11.3 Å². The third kappa shape index (κ3) is 3.42. The Labute approximate surface area is 156 Å². The van der Waals surface area contributed by atoms with E-state index < -0.39 is 5.82 Å². The van der Waals surface area contributed by atoms with Gasteiger partial charge >= 0.3 is 0 Å². The molecule has 3 aromatic heterocycles. The normalized spacial score (nSPS) is 11.2. The molecule has 136 valence electrons. The van der Waals surface area contributed by atoms with Gasteiger partial charge in [-0.15, -0.1) is 20.4 Å². The average Bonchev–Trinajstić information content (AvgIpc) is 3.42. The van der Waals surface area contributed by atoms with Crippen LogP contribution in [0.4, 0.5) is 10.1 Å². The first-order valence-corrected chi connectivity index (χ1v) is 7.89. The molecule has 0 aliphatic rings. The van der Waals surface area contributed by atoms with E-state index >= 15 is 0 Å². The van der Waals surface area contributed by atoms with E-state index in [-0.39, 0.29) is 23.2 Å². The minimum Gasteiger partial charge on any atom is -0.416 e. The number of nitrogens with one attached hydrogen (secondary N) is 2. The van der Waals surface area contributed by atoms with Crippen LogP contribution in [0.3, 0.4) is 0 Å². The molecule has 0 saturated carbocycles. The molecule has 4 rings (SSSR count). The average molecular weight is 375 g/mol. The molecule has 1 aromatic carbocycles. The molecule has 0 aliphatic heterocycles. The lowest BCUT2D eigenvalue weighted by molar-refractivity contribution is 0.582. The van der Waals surface area contributed by atoms with Crippen molar-refractivity contribution < 1.29 is 8.81 Å². The van der Waals surface area contributed by atoms with Gasteiger partial charge in [0, 0.05) is 24.2 Å². The van der Waals surface area contributed by atoms with Gasteiger partial charge in [-0.2, -0.15) is 10.5 Å². The smallest absolute Gasteiger partial charge is 0.250 e. The molecule has 3 heterocycles. The first kappa shape index (κ1) is 17.0. The van der Waals surface area contributed by atoms with Gasteiger partial charge in [-0.05, 0) is 35.5 Å². The minimum atomic E-state index is -0.480. The van der Waals surface area contributed by atoms with Gasteiger partial charge < -0.3 is 9.73 Å². The Kier molecular flexibility index (Phi) is 4.50. The molecule has 0 aliphatic carbocycles. The SMILES string of the molecule is N#CC(=CNc1ccc(F)cc1-c1nnc(-c2ccncc2)o1)c1nn[nH]n1. The quantitative estimate of drug-likeness (QED) is 0.503. The van der Waals surface area contributed by atoms with Crippen molar-refractivity contribution in [2.45, 2.75) is 0 Å². The van der Waals surface area contributed by atoms with Crippen LogP contribution in [0.2, 0.25) is 0 Å². The van der Waals surface area contributed by atoms with Crippen molar-refractivity contribution in [3.05, 3.63) is 60.6 Å². The number of nitrogens with zero attached hydrogens (tertiary/aromatic N) is 7. The number of tetrazole rings is 1. The molecule has 0 radical (unpaired) electrons. The Morgan fingerprint density at radius 2 is 1.96 bits per heavy atom. The Balaban J connectivity index is 1.68. The Hall–Kier alpha value is -4.46. The van der Waals surface area contributed by atoms with Gasteiger partial charge in [0.2, 0.25) is 17.6 Å². The molecule has 11 heteroatoms. The first-order valence-electron chi connectivity index (χ1n) is 7.89. The fourth-order valence-corrected chi connectivity index (χ4v) is 2.34. The Morgan fingerprint density at radius 3 is 2.71 bits per heavy atom. The zero-order valence-corrected chi connectivity index (χ0v) is 14.0. The van der Waals surface area contributed by atoms with Crippen LogP contribution in [-0.4, -0.2) is 35.8 Å². The molecule has 2 N–H and O–H groups in total. The van der Waals surface area contributed by atoms with E-state index in [1.165, 1.54) is 24.4 Å². The number of allylic oxidation sites excluding steroid dienone is 1. The van der Waals surface area contributed by atoms with Gasteiger partial charge in [0.1, 0.15) is 17.5 Å². The van der Waals surface area contributed by atoms with Crippen LogP contribution in [0.1, 0.15) is 5.82 Å². The summed E-state index contributed by atoms with van der Waals surface area (Å²) in [4.78, 5) is 3.93. The van der Waals surface area contributed by atoms with Gasteiger partial charge in [-0.3, -0.25) is 4.98 Å². The van der Waals surface area contributed by atoms with Crippen molar-refractivity contribution in [1.82, 2.24) is 35.8 Å². The molecular formula is C17H10FN9O. The van der Waals surface area contributed by atoms with Crippen LogP contribution < -0.4 is 5.32 Å². The standard InChI is InChI=1S/C17H10FN9O/c18-12-1-2-14(21-9-11(8-19)15-22-26-27-23-15)13(7-12)17-25-24-16(28-17)10-3-5-20-6-4-10/h1-7,9,21H,(H,22,23,26,27). The Morgan fingerprint density at radius 1 is 1.14 bits per heavy atom. The molecule has 0 spiro atoms. The highest BCUT2D eigenvalue weighted by atomic mass is 19.1. The molecule has 0 amide bonds. The summed E-state index contributed by atoms with van der Waals surface area (Å²) in [5.74, 6) is 0.0243. The lowest BCUT2D eigenvalue weighted by Gasteiger charge is -2.06. The zero-order valence-electron chi connectivity index (χ0n) is 14.0. The van der Waals surface area contributed by atoms with Crippen LogP contribution in [0.15, 0.2) is 53.3 Å². The van der Waals surface area contributed by atoms with Crippen molar-refractivity contribution in [2.75, 3.05) is 5.32 Å². The third-order valence-corrected chi connectivity index (χ3v) is 3.64. The lowest BCUT2D eigenvalue weighted by atomic mass is 10.1. The second kappa shape index (κ2) is 7.42. The number of aromatic nitrogens is 7. The molecule has 0 bridgehead atoms. The number of nitriles is 1. The summed E-state index contributed by atoms with van der Waals surface area (Å²) in [5, 5.41) is 33.3. The molecule has 0 unspecified atom stereocenters. The summed E-state index contributed by atoms with van der Waals surface area (Å²) < 4.78 is 19.5. The van der Waals surface area contributed by atoms with Crippen LogP contribution in [0.25, 0.3) is 28.5 Å². The van der Waals surface area contributed by atoms with Gasteiger partial charge in [-0.1, -0.05) is 0 Å². The molecule has 10 nitrogen and oxygen atoms in total. The fourth-order valence-electron chi connectivity index (χ4n) is 2.34. The van der Waals surface area contributed by atoms with E-state index in [4.69, 9.17) is 4.42 Å². The number of rotatable bonds is 5. The van der Waals surface area contributed by atoms with E-state index in [0.29, 0.717) is 16.8 Å². The van der Waals surface area contributed by atoms with Crippen LogP contribution >= 0.6 is 0 Å². The zero-order chi connectivity index (χ0) is 19.3. The van der Waals surface area contributed by atoms with Gasteiger partial charge in [0.25, 0.3) is 0 Å². The van der Waals surface area contributed by atoms with E-state index in [1.807, 2.05) is 6.07 Å². The van der Waals surface area contributed by atoms with Crippen LogP contribution in [0, 0.1) is 17.1 Å². The van der Waals surface area contributed by atoms with E-state index in [2.05, 4.69) is 41.1 Å². The number of H-pyrrole nitrogens is 1. The second-order valence-corrected chi connectivity index (χ2v) is 5.39. The number of hydrogen-bond donors (Lipinski definition) is 2. The number of hydrogen-bond acceptors (Lipinski definition) is 9. The largest absolute Gasteiger partial charge is 0.416 e. The number of halogens is 1. The monoisotopic (exact) mass is 375 g/mol. The summed E-state index contributed by atoms with van der Waals surface area (Å²) in [5.41, 5.74) is 1.59. The van der Waals surface area contributed by atoms with Gasteiger partial charge in [-0.25, -0.2) is 4.39 Å². The summed E-state index contributed by atoms with van der Waals surface area (Å²) in [6, 6.07) is 9.39. The van der Waals surface area contributed by atoms with Gasteiger partial charge in [0.15, 0.2) is 0 Å². The number of aromatic amines is 1. The van der Waals surface area contributed by atoms with E-state index in [0.717, 1.165) is 0 Å². The maximum absolute atomic E-state index is 13.8. The van der Waals surface area contributed by atoms with Crippen molar-refractivity contribution in [1.29, 1.82) is 5.26 Å².